The Bertz CT molecular complexity index is 20.9. The van der Waals surface area contributed by atoms with Gasteiger partial charge in [0.25, 0.3) is 9.76 Å². The van der Waals surface area contributed by atoms with Gasteiger partial charge in [-0.25, -0.2) is 0 Å². The number of aliphatic hydroxyl groups is 2. The largest absolute Gasteiger partial charge is 0.428 e. The zero-order valence-electron chi connectivity index (χ0n) is 2.42. The van der Waals surface area contributed by atoms with Crippen LogP contribution in [0, 0.1) is 0 Å². The van der Waals surface area contributed by atoms with E-state index in [0.717, 1.165) is 0 Å². The number of hydrogen-bond donors (Lipinski definition) is 3. The second-order valence-electron chi connectivity index (χ2n) is 0.503. The molecular weight excluding hydrogens is 88.1 g/mol. The third-order valence-corrected chi connectivity index (χ3v) is 0.346. The lowest BCUT2D eigenvalue weighted by molar-refractivity contribution is 0.0208. The zero-order valence-corrected chi connectivity index (χ0v) is 3.42. The Kier molecular flexibility index (Phi) is 2.39. The number of aliphatic hydroxyl groups excluding tert-OH is 1. The molecule has 0 aromatic carbocycles. The summed E-state index contributed by atoms with van der Waals surface area (Å²) in [6.45, 7) is 0. The number of rotatable bonds is 1. The van der Waals surface area contributed by atoms with Crippen molar-refractivity contribution >= 4 is 9.76 Å². The second-order valence-corrected chi connectivity index (χ2v) is 1.28. The molecule has 2 radical (unpaired) electrons. The van der Waals surface area contributed by atoms with Crippen LogP contribution in [-0.4, -0.2) is 30.7 Å². The first kappa shape index (κ1) is 5.10. The highest BCUT2D eigenvalue weighted by Gasteiger charge is 1.90. The molecule has 0 fully saturated rings. The van der Waals surface area contributed by atoms with Gasteiger partial charge in [-0.15, -0.1) is 0 Å². The van der Waals surface area contributed by atoms with Crippen LogP contribution in [0.4, 0.5) is 0 Å². The van der Waals surface area contributed by atoms with Crippen LogP contribution in [0.2, 0.25) is 0 Å². The molecule has 0 atom stereocenters. The van der Waals surface area contributed by atoms with Crippen molar-refractivity contribution in [3.63, 3.8) is 0 Å². The number of hydrogen-bond acceptors (Lipinski definition) is 3. The van der Waals surface area contributed by atoms with Gasteiger partial charge in [0, 0.05) is 0 Å². The minimum Gasteiger partial charge on any atom is -0.428 e. The van der Waals surface area contributed by atoms with Gasteiger partial charge in [-0.1, -0.05) is 0 Å². The Hall–Kier alpha value is 0.0969. The van der Waals surface area contributed by atoms with E-state index in [1.54, 1.807) is 0 Å². The van der Waals surface area contributed by atoms with E-state index in [4.69, 9.17) is 15.0 Å². The smallest absolute Gasteiger partial charge is 0.295 e. The minimum absolute atomic E-state index is 0.775. The molecule has 0 aliphatic carbocycles. The van der Waals surface area contributed by atoms with E-state index in [2.05, 4.69) is 0 Å². The summed E-state index contributed by atoms with van der Waals surface area (Å²) in [5.74, 6) is -1.53. The highest BCUT2D eigenvalue weighted by molar-refractivity contribution is 6.26. The third kappa shape index (κ3) is 4.10. The maximum Gasteiger partial charge on any atom is 0.295 e. The highest BCUT2D eigenvalue weighted by atomic mass is 28.2. The molecule has 3 nitrogen and oxygen atoms in total. The lowest BCUT2D eigenvalue weighted by Crippen LogP contribution is -2.13. The summed E-state index contributed by atoms with van der Waals surface area (Å²) in [5, 5.41) is 15.4. The van der Waals surface area contributed by atoms with Gasteiger partial charge in [-0.05, 0) is 0 Å². The molecule has 30 valence electrons. The van der Waals surface area contributed by atoms with Crippen LogP contribution in [0.15, 0.2) is 0 Å². The summed E-state index contributed by atoms with van der Waals surface area (Å²) in [7, 11) is -0.775. The van der Waals surface area contributed by atoms with Crippen LogP contribution in [0.25, 0.3) is 0 Å². The lowest BCUT2D eigenvalue weighted by Gasteiger charge is -1.86. The molecule has 0 rings (SSSR count). The van der Waals surface area contributed by atoms with Gasteiger partial charge >= 0.3 is 0 Å². The second kappa shape index (κ2) is 2.34. The van der Waals surface area contributed by atoms with Crippen molar-refractivity contribution < 1.29 is 15.0 Å². The van der Waals surface area contributed by atoms with E-state index in [1.165, 1.54) is 0 Å². The normalized spacial score (nSPS) is 9.60. The maximum atomic E-state index is 7.68. The molecule has 0 bridgehead atoms. The molecule has 4 heteroatoms. The summed E-state index contributed by atoms with van der Waals surface area (Å²) in [6.07, 6.45) is 0. The zero-order chi connectivity index (χ0) is 4.28. The fourth-order valence-corrected chi connectivity index (χ4v) is 0. The molecule has 0 aliphatic rings. The summed E-state index contributed by atoms with van der Waals surface area (Å²) in [6, 6.07) is 0. The summed E-state index contributed by atoms with van der Waals surface area (Å²) in [5.41, 5.74) is 0. The van der Waals surface area contributed by atoms with Crippen LogP contribution in [-0.2, 0) is 0 Å². The molecule has 5 heavy (non-hydrogen) atoms. The van der Waals surface area contributed by atoms with Gasteiger partial charge in [-0.2, -0.15) is 0 Å². The van der Waals surface area contributed by atoms with E-state index in [0.29, 0.717) is 0 Å². The Morgan fingerprint density at radius 1 is 1.40 bits per heavy atom. The highest BCUT2D eigenvalue weighted by Crippen LogP contribution is 1.58. The van der Waals surface area contributed by atoms with Crippen molar-refractivity contribution in [1.29, 1.82) is 0 Å². The molecule has 0 unspecified atom stereocenters. The Labute approximate surface area is 31.8 Å². The minimum atomic E-state index is -1.53. The van der Waals surface area contributed by atoms with Crippen molar-refractivity contribution in [3.05, 3.63) is 0 Å². The average molecular weight is 92.1 g/mol. The first-order chi connectivity index (χ1) is 2.27. The summed E-state index contributed by atoms with van der Waals surface area (Å²) < 4.78 is 0. The fraction of sp³-hybridized carbons (Fsp3) is 1.00. The SMILES string of the molecule is O[Si]C(O)O. The van der Waals surface area contributed by atoms with Crippen molar-refractivity contribution in [2.24, 2.45) is 0 Å². The van der Waals surface area contributed by atoms with Crippen molar-refractivity contribution in [1.82, 2.24) is 0 Å². The van der Waals surface area contributed by atoms with E-state index >= 15 is 0 Å². The molecule has 3 N–H and O–H groups in total. The lowest BCUT2D eigenvalue weighted by atomic mass is 11.5. The molecule has 0 aromatic heterocycles. The van der Waals surface area contributed by atoms with Crippen LogP contribution in [0.5, 0.6) is 0 Å². The van der Waals surface area contributed by atoms with E-state index in [-0.39, 0.29) is 0 Å². The average Bonchev–Trinajstić information content (AvgIpc) is 1.38. The van der Waals surface area contributed by atoms with E-state index in [9.17, 15) is 0 Å². The Morgan fingerprint density at radius 3 is 1.60 bits per heavy atom. The topological polar surface area (TPSA) is 60.7 Å². The third-order valence-electron chi connectivity index (χ3n) is 0.115. The molecule has 0 amide bonds. The predicted octanol–water partition coefficient (Wildman–Crippen LogP) is -2.13. The maximum absolute atomic E-state index is 7.68. The monoisotopic (exact) mass is 92.0 g/mol. The van der Waals surface area contributed by atoms with Gasteiger partial charge in [0.15, 0.2) is 5.91 Å². The van der Waals surface area contributed by atoms with Crippen LogP contribution in [0.3, 0.4) is 0 Å². The van der Waals surface area contributed by atoms with Crippen LogP contribution >= 0.6 is 0 Å². The van der Waals surface area contributed by atoms with Gasteiger partial charge in [0.05, 0.1) is 0 Å². The molecule has 0 saturated heterocycles. The van der Waals surface area contributed by atoms with E-state index in [1.807, 2.05) is 0 Å². The van der Waals surface area contributed by atoms with Crippen LogP contribution < -0.4 is 0 Å². The van der Waals surface area contributed by atoms with Gasteiger partial charge < -0.3 is 15.0 Å². The molecule has 0 saturated carbocycles. The Balaban J connectivity index is 2.54. The summed E-state index contributed by atoms with van der Waals surface area (Å²) in [4.78, 5) is 7.67. The molecule has 0 heterocycles. The van der Waals surface area contributed by atoms with E-state index < -0.39 is 15.7 Å². The first-order valence-corrected chi connectivity index (χ1v) is 2.05. The Morgan fingerprint density at radius 2 is 1.60 bits per heavy atom. The molecule has 0 spiro atoms. The standard InChI is InChI=1S/CH4O3Si/c2-1(3)5-4/h1-4H. The van der Waals surface area contributed by atoms with Gasteiger partial charge in [-0.3, -0.25) is 0 Å². The molecule has 0 aromatic rings. The van der Waals surface area contributed by atoms with Crippen molar-refractivity contribution in [2.75, 3.05) is 0 Å². The molecule has 0 aliphatic heterocycles. The fourth-order valence-electron chi connectivity index (χ4n) is 0. The quantitative estimate of drug-likeness (QED) is 0.256. The van der Waals surface area contributed by atoms with Gasteiger partial charge in [0.1, 0.15) is 0 Å². The molecular formula is CH4O3Si. The van der Waals surface area contributed by atoms with Crippen molar-refractivity contribution in [3.8, 4) is 0 Å². The first-order valence-electron chi connectivity index (χ1n) is 1.03. The van der Waals surface area contributed by atoms with Crippen molar-refractivity contribution in [2.45, 2.75) is 5.91 Å². The summed E-state index contributed by atoms with van der Waals surface area (Å²) >= 11 is 0. The predicted molar refractivity (Wildman–Crippen MR) is 16.2 cm³/mol. The van der Waals surface area contributed by atoms with Gasteiger partial charge in [0.2, 0.25) is 0 Å². The van der Waals surface area contributed by atoms with Crippen LogP contribution in [0.1, 0.15) is 0 Å².